The molecule has 450 valence electrons. The number of rotatable bonds is 33. The monoisotopic (exact) mass is 1180 g/mol. The summed E-state index contributed by atoms with van der Waals surface area (Å²) in [5, 5.41) is 32.6. The molecule has 0 radical (unpaired) electrons. The standard InChI is InChI=1S/C63H93N3O12S3/c1-43-37-46(55(70)49(40-43)61(4,5)6)19-13-28-76-52(67)22-34-79-31-16-25-64-58(73)65(26-17-32-80-35-23-53(68)77-29-14-20-47-38-44(2)41-50(56(47)71)62(7,8)9)60(75)66(59(64)74)27-18-33-81-36-24-54(69)78-30-15-21-48-39-45(3)42-51(57(48)72)63(10,11)12/h37-42,70-72H,13-36H2,1-12H3. The highest BCUT2D eigenvalue weighted by atomic mass is 32.2. The summed E-state index contributed by atoms with van der Waals surface area (Å²) in [6.07, 6.45) is 5.39. The molecule has 18 heteroatoms. The van der Waals surface area contributed by atoms with E-state index in [4.69, 9.17) is 14.2 Å². The molecule has 0 aliphatic carbocycles. The number of carbonyl (C=O) groups excluding carboxylic acids is 3. The van der Waals surface area contributed by atoms with Crippen molar-refractivity contribution in [1.82, 2.24) is 13.7 Å². The molecule has 4 aromatic rings. The summed E-state index contributed by atoms with van der Waals surface area (Å²) in [4.78, 5) is 79.2. The Morgan fingerprint density at radius 3 is 0.889 bits per heavy atom. The number of esters is 3. The van der Waals surface area contributed by atoms with Crippen molar-refractivity contribution in [2.45, 2.75) is 196 Å². The zero-order valence-electron chi connectivity index (χ0n) is 50.5. The van der Waals surface area contributed by atoms with Gasteiger partial charge in [-0.2, -0.15) is 35.3 Å². The number of ether oxygens (including phenoxy) is 3. The maximum absolute atomic E-state index is 13.8. The number of carbonyl (C=O) groups is 3. The Hall–Kier alpha value is -5.07. The van der Waals surface area contributed by atoms with Gasteiger partial charge in [0.25, 0.3) is 0 Å². The smallest absolute Gasteiger partial charge is 0.336 e. The van der Waals surface area contributed by atoms with Crippen LogP contribution in [0.1, 0.15) is 170 Å². The van der Waals surface area contributed by atoms with Gasteiger partial charge in [0.15, 0.2) is 0 Å². The maximum atomic E-state index is 13.8. The third-order valence-electron chi connectivity index (χ3n) is 13.7. The Balaban J connectivity index is 1.25. The SMILES string of the molecule is Cc1cc(CCCOC(=O)CCSCCCn2c(=O)n(CCCSCCC(=O)OCCCc3cc(C)cc(C(C)(C)C)c3O)c(=O)n(CCCSCCC(=O)OCCCc3cc(C)cc(C(C)(C)C)c3O)c2=O)c(O)c(C(C)(C)C)c1. The van der Waals surface area contributed by atoms with Crippen LogP contribution in [0.3, 0.4) is 0 Å². The molecule has 0 atom stereocenters. The summed E-state index contributed by atoms with van der Waals surface area (Å²) >= 11 is 4.53. The lowest BCUT2D eigenvalue weighted by molar-refractivity contribution is -0.144. The second-order valence-electron chi connectivity index (χ2n) is 24.1. The minimum absolute atomic E-state index is 0.0834. The average Bonchev–Trinajstić information content (AvgIpc) is 3.49. The molecule has 0 saturated heterocycles. The van der Waals surface area contributed by atoms with E-state index in [1.807, 2.05) is 57.2 Å². The van der Waals surface area contributed by atoms with Gasteiger partial charge in [-0.05, 0) is 145 Å². The number of hydrogen-bond donors (Lipinski definition) is 3. The minimum atomic E-state index is -0.677. The van der Waals surface area contributed by atoms with Gasteiger partial charge in [0.05, 0.1) is 39.1 Å². The largest absolute Gasteiger partial charge is 0.507 e. The van der Waals surface area contributed by atoms with Crippen molar-refractivity contribution in [1.29, 1.82) is 0 Å². The first-order valence-electron chi connectivity index (χ1n) is 28.7. The van der Waals surface area contributed by atoms with Gasteiger partial charge in [-0.25, -0.2) is 28.1 Å². The molecule has 0 aliphatic rings. The van der Waals surface area contributed by atoms with Crippen LogP contribution >= 0.6 is 35.3 Å². The zero-order chi connectivity index (χ0) is 60.1. The van der Waals surface area contributed by atoms with E-state index in [1.54, 1.807) is 0 Å². The molecule has 0 unspecified atom stereocenters. The van der Waals surface area contributed by atoms with Crippen LogP contribution in [0.15, 0.2) is 50.8 Å². The van der Waals surface area contributed by atoms with Crippen molar-refractivity contribution in [3.8, 4) is 17.2 Å². The molecule has 0 saturated carbocycles. The number of thioether (sulfide) groups is 3. The van der Waals surface area contributed by atoms with E-state index in [0.29, 0.717) is 110 Å². The number of phenolic OH excluding ortho intramolecular Hbond substituents is 3. The number of nitrogens with zero attached hydrogens (tertiary/aromatic N) is 3. The van der Waals surface area contributed by atoms with Gasteiger partial charge in [-0.15, -0.1) is 0 Å². The minimum Gasteiger partial charge on any atom is -0.507 e. The Kier molecular flexibility index (Phi) is 27.6. The highest BCUT2D eigenvalue weighted by Gasteiger charge is 2.24. The van der Waals surface area contributed by atoms with Crippen LogP contribution < -0.4 is 17.1 Å². The summed E-state index contributed by atoms with van der Waals surface area (Å²) < 4.78 is 19.8. The number of aryl methyl sites for hydroxylation is 6. The Labute approximate surface area is 493 Å². The highest BCUT2D eigenvalue weighted by Crippen LogP contribution is 2.37. The number of aromatic nitrogens is 3. The molecule has 15 nitrogen and oxygen atoms in total. The number of benzene rings is 3. The predicted octanol–water partition coefficient (Wildman–Crippen LogP) is 11.2. The Bertz CT molecular complexity index is 2570. The fourth-order valence-corrected chi connectivity index (χ4v) is 12.0. The molecule has 0 aliphatic heterocycles. The fourth-order valence-electron chi connectivity index (χ4n) is 9.41. The van der Waals surface area contributed by atoms with Gasteiger partial charge in [-0.3, -0.25) is 14.4 Å². The highest BCUT2D eigenvalue weighted by molar-refractivity contribution is 7.99. The normalized spacial score (nSPS) is 12.0. The predicted molar refractivity (Wildman–Crippen MR) is 331 cm³/mol. The van der Waals surface area contributed by atoms with Crippen molar-refractivity contribution >= 4 is 53.2 Å². The summed E-state index contributed by atoms with van der Waals surface area (Å²) in [6, 6.07) is 11.9. The van der Waals surface area contributed by atoms with E-state index in [-0.39, 0.29) is 92.9 Å². The van der Waals surface area contributed by atoms with Crippen molar-refractivity contribution < 1.29 is 43.9 Å². The van der Waals surface area contributed by atoms with Crippen LogP contribution in [0.5, 0.6) is 17.2 Å². The van der Waals surface area contributed by atoms with Crippen molar-refractivity contribution in [2.75, 3.05) is 54.3 Å². The van der Waals surface area contributed by atoms with Gasteiger partial charge in [0.1, 0.15) is 17.2 Å². The van der Waals surface area contributed by atoms with Crippen LogP contribution in [-0.4, -0.2) is 101 Å². The summed E-state index contributed by atoms with van der Waals surface area (Å²) in [7, 11) is 0. The van der Waals surface area contributed by atoms with Crippen LogP contribution in [0, 0.1) is 20.8 Å². The van der Waals surface area contributed by atoms with Crippen LogP contribution in [0.4, 0.5) is 0 Å². The number of hydrogen-bond acceptors (Lipinski definition) is 15. The molecule has 1 heterocycles. The second kappa shape index (κ2) is 32.7. The molecule has 1 aromatic heterocycles. The maximum Gasteiger partial charge on any atom is 0.336 e. The molecule has 3 N–H and O–H groups in total. The lowest BCUT2D eigenvalue weighted by Crippen LogP contribution is -2.54. The van der Waals surface area contributed by atoms with Crippen LogP contribution in [0.2, 0.25) is 0 Å². The summed E-state index contributed by atoms with van der Waals surface area (Å²) in [5.74, 6) is 3.06. The van der Waals surface area contributed by atoms with Crippen molar-refractivity contribution in [3.63, 3.8) is 0 Å². The molecule has 4 rings (SSSR count). The van der Waals surface area contributed by atoms with Crippen molar-refractivity contribution in [3.05, 3.63) is 118 Å². The molecule has 3 aromatic carbocycles. The first-order valence-corrected chi connectivity index (χ1v) is 32.2. The zero-order valence-corrected chi connectivity index (χ0v) is 53.0. The third kappa shape index (κ3) is 22.6. The van der Waals surface area contributed by atoms with Gasteiger partial charge in [-0.1, -0.05) is 115 Å². The summed E-state index contributed by atoms with van der Waals surface area (Å²) in [6.45, 7) is 25.5. The molecule has 0 fully saturated rings. The van der Waals surface area contributed by atoms with Gasteiger partial charge in [0, 0.05) is 36.9 Å². The molecular weight excluding hydrogens is 1090 g/mol. The quantitative estimate of drug-likeness (QED) is 0.0230. The van der Waals surface area contributed by atoms with E-state index in [9.17, 15) is 44.1 Å². The molecule has 0 spiro atoms. The second-order valence-corrected chi connectivity index (χ2v) is 27.8. The lowest BCUT2D eigenvalue weighted by Gasteiger charge is -2.23. The van der Waals surface area contributed by atoms with Crippen LogP contribution in [-0.2, 0) is 83.7 Å². The third-order valence-corrected chi connectivity index (χ3v) is 16.9. The lowest BCUT2D eigenvalue weighted by atomic mass is 9.83. The first-order chi connectivity index (χ1) is 38.1. The first kappa shape index (κ1) is 68.4. The van der Waals surface area contributed by atoms with Gasteiger partial charge in [0.2, 0.25) is 0 Å². The van der Waals surface area contributed by atoms with Crippen molar-refractivity contribution in [2.24, 2.45) is 0 Å². The number of phenols is 3. The van der Waals surface area contributed by atoms with E-state index in [2.05, 4.69) is 62.3 Å². The van der Waals surface area contributed by atoms with Gasteiger partial charge < -0.3 is 29.5 Å². The fraction of sp³-hybridized carbons (Fsp3) is 0.619. The van der Waals surface area contributed by atoms with E-state index >= 15 is 0 Å². The topological polar surface area (TPSA) is 206 Å². The summed E-state index contributed by atoms with van der Waals surface area (Å²) in [5.41, 5.74) is 5.74. The Morgan fingerprint density at radius 2 is 0.654 bits per heavy atom. The van der Waals surface area contributed by atoms with E-state index in [0.717, 1.165) is 63.8 Å². The van der Waals surface area contributed by atoms with Crippen LogP contribution in [0.25, 0.3) is 0 Å². The van der Waals surface area contributed by atoms with E-state index in [1.165, 1.54) is 35.3 Å². The Morgan fingerprint density at radius 1 is 0.407 bits per heavy atom. The number of aromatic hydroxyl groups is 3. The molecular formula is C63H93N3O12S3. The molecule has 0 bridgehead atoms. The van der Waals surface area contributed by atoms with Gasteiger partial charge >= 0.3 is 35.0 Å². The molecule has 0 amide bonds. The van der Waals surface area contributed by atoms with E-state index < -0.39 is 17.1 Å². The average molecular weight is 1180 g/mol. The molecule has 81 heavy (non-hydrogen) atoms.